The van der Waals surface area contributed by atoms with E-state index < -0.39 is 0 Å². The van der Waals surface area contributed by atoms with Gasteiger partial charge in [0, 0.05) is 17.6 Å². The highest BCUT2D eigenvalue weighted by molar-refractivity contribution is 5.01. The number of hydrogen-bond acceptors (Lipinski definition) is 3. The van der Waals surface area contributed by atoms with Gasteiger partial charge >= 0.3 is 0 Å². The summed E-state index contributed by atoms with van der Waals surface area (Å²) in [5.74, 6) is 0. The van der Waals surface area contributed by atoms with E-state index in [1.54, 1.807) is 0 Å². The normalized spacial score (nSPS) is 37.6. The monoisotopic (exact) mass is 294 g/mol. The van der Waals surface area contributed by atoms with Gasteiger partial charge in [0.1, 0.15) is 0 Å². The van der Waals surface area contributed by atoms with Crippen molar-refractivity contribution >= 4 is 0 Å². The van der Waals surface area contributed by atoms with Crippen LogP contribution in [0.15, 0.2) is 0 Å². The molecule has 1 saturated heterocycles. The van der Waals surface area contributed by atoms with Gasteiger partial charge in [-0.2, -0.15) is 0 Å². The molecule has 2 unspecified atom stereocenters. The molecule has 1 heterocycles. The smallest absolute Gasteiger partial charge is 0.0613 e. The molecule has 3 fully saturated rings. The van der Waals surface area contributed by atoms with Crippen LogP contribution in [0.3, 0.4) is 0 Å². The van der Waals surface area contributed by atoms with Gasteiger partial charge in [0.15, 0.2) is 0 Å². The summed E-state index contributed by atoms with van der Waals surface area (Å²) in [7, 11) is 0. The van der Waals surface area contributed by atoms with Gasteiger partial charge in [0.25, 0.3) is 0 Å². The molecule has 1 aliphatic heterocycles. The van der Waals surface area contributed by atoms with Crippen molar-refractivity contribution in [2.24, 2.45) is 5.41 Å². The molecule has 2 aliphatic carbocycles. The van der Waals surface area contributed by atoms with Crippen molar-refractivity contribution in [1.29, 1.82) is 0 Å². The Balaban J connectivity index is 1.58. The third-order valence-corrected chi connectivity index (χ3v) is 6.58. The molecule has 2 N–H and O–H groups in total. The van der Waals surface area contributed by atoms with Gasteiger partial charge in [-0.1, -0.05) is 20.3 Å². The number of aliphatic hydroxyl groups is 1. The first kappa shape index (κ1) is 15.8. The van der Waals surface area contributed by atoms with Crippen molar-refractivity contribution in [1.82, 2.24) is 10.2 Å². The molecule has 2 saturated carbocycles. The molecule has 3 aliphatic rings. The molecule has 0 aromatic heterocycles. The number of aliphatic hydroxyl groups excluding tert-OH is 1. The predicted octanol–water partition coefficient (Wildman–Crippen LogP) is 2.92. The number of hydrogen-bond donors (Lipinski definition) is 2. The van der Waals surface area contributed by atoms with Gasteiger partial charge in [-0.3, -0.25) is 0 Å². The van der Waals surface area contributed by atoms with Gasteiger partial charge in [-0.25, -0.2) is 0 Å². The van der Waals surface area contributed by atoms with Gasteiger partial charge in [0.05, 0.1) is 6.61 Å². The van der Waals surface area contributed by atoms with Gasteiger partial charge in [-0.05, 0) is 69.9 Å². The summed E-state index contributed by atoms with van der Waals surface area (Å²) in [6, 6.07) is 1.39. The van der Waals surface area contributed by atoms with Crippen LogP contribution in [0.1, 0.15) is 71.6 Å². The van der Waals surface area contributed by atoms with Crippen molar-refractivity contribution in [2.45, 2.75) is 89.3 Å². The van der Waals surface area contributed by atoms with Crippen molar-refractivity contribution in [3.05, 3.63) is 0 Å². The average Bonchev–Trinajstić information content (AvgIpc) is 3.32. The zero-order chi connectivity index (χ0) is 14.9. The number of nitrogens with one attached hydrogen (secondary N) is 1. The van der Waals surface area contributed by atoms with Crippen LogP contribution in [-0.2, 0) is 0 Å². The Morgan fingerprint density at radius 1 is 1.14 bits per heavy atom. The average molecular weight is 294 g/mol. The first-order valence-corrected chi connectivity index (χ1v) is 9.21. The van der Waals surface area contributed by atoms with Gasteiger partial charge in [-0.15, -0.1) is 0 Å². The minimum Gasteiger partial charge on any atom is -0.394 e. The Morgan fingerprint density at radius 2 is 1.86 bits per heavy atom. The summed E-state index contributed by atoms with van der Waals surface area (Å²) in [5.41, 5.74) is 0.598. The summed E-state index contributed by atoms with van der Waals surface area (Å²) in [6.07, 6.45) is 11.6. The van der Waals surface area contributed by atoms with Crippen LogP contribution < -0.4 is 5.32 Å². The van der Waals surface area contributed by atoms with E-state index in [9.17, 15) is 5.11 Å². The van der Waals surface area contributed by atoms with E-state index in [-0.39, 0.29) is 5.54 Å². The third kappa shape index (κ3) is 3.62. The lowest BCUT2D eigenvalue weighted by Crippen LogP contribution is -2.57. The van der Waals surface area contributed by atoms with Gasteiger partial charge < -0.3 is 15.3 Å². The summed E-state index contributed by atoms with van der Waals surface area (Å²) in [4.78, 5) is 2.73. The minimum absolute atomic E-state index is 0.0234. The molecule has 0 aromatic rings. The molecule has 3 heteroatoms. The van der Waals surface area contributed by atoms with E-state index in [2.05, 4.69) is 24.1 Å². The molecule has 3 nitrogen and oxygen atoms in total. The van der Waals surface area contributed by atoms with Crippen molar-refractivity contribution in [2.75, 3.05) is 19.7 Å². The lowest BCUT2D eigenvalue weighted by atomic mass is 9.75. The fraction of sp³-hybridized carbons (Fsp3) is 1.00. The Bertz CT molecular complexity index is 347. The molecular weight excluding hydrogens is 260 g/mol. The van der Waals surface area contributed by atoms with Crippen molar-refractivity contribution in [3.63, 3.8) is 0 Å². The highest BCUT2D eigenvalue weighted by Crippen LogP contribution is 2.39. The van der Waals surface area contributed by atoms with Crippen LogP contribution in [0, 0.1) is 5.41 Å². The van der Waals surface area contributed by atoms with E-state index in [0.29, 0.717) is 24.1 Å². The first-order chi connectivity index (χ1) is 10.1. The Kier molecular flexibility index (Phi) is 4.63. The van der Waals surface area contributed by atoms with E-state index in [4.69, 9.17) is 0 Å². The van der Waals surface area contributed by atoms with E-state index in [1.165, 1.54) is 58.0 Å². The zero-order valence-corrected chi connectivity index (χ0v) is 14.0. The predicted molar refractivity (Wildman–Crippen MR) is 87.4 cm³/mol. The number of piperidine rings is 1. The molecule has 0 radical (unpaired) electrons. The number of likely N-dealkylation sites (tertiary alicyclic amines) is 1. The Labute approximate surface area is 130 Å². The van der Waals surface area contributed by atoms with Crippen LogP contribution in [-0.4, -0.2) is 47.3 Å². The Hall–Kier alpha value is -0.120. The second kappa shape index (κ2) is 6.17. The molecule has 0 amide bonds. The van der Waals surface area contributed by atoms with Gasteiger partial charge in [0.2, 0.25) is 0 Å². The Morgan fingerprint density at radius 3 is 2.43 bits per heavy atom. The third-order valence-electron chi connectivity index (χ3n) is 6.58. The minimum atomic E-state index is 0.0234. The zero-order valence-electron chi connectivity index (χ0n) is 14.0. The fourth-order valence-electron chi connectivity index (χ4n) is 4.41. The highest BCUT2D eigenvalue weighted by atomic mass is 16.3. The molecule has 122 valence electrons. The summed E-state index contributed by atoms with van der Waals surface area (Å²) in [6.45, 7) is 7.64. The number of rotatable bonds is 5. The second-order valence-corrected chi connectivity index (χ2v) is 8.31. The molecule has 0 aromatic carbocycles. The fourth-order valence-corrected chi connectivity index (χ4v) is 4.41. The van der Waals surface area contributed by atoms with Crippen LogP contribution in [0.5, 0.6) is 0 Å². The second-order valence-electron chi connectivity index (χ2n) is 8.31. The molecule has 0 spiro atoms. The number of nitrogens with zero attached hydrogens (tertiary/aromatic N) is 1. The molecule has 21 heavy (non-hydrogen) atoms. The maximum absolute atomic E-state index is 9.97. The van der Waals surface area contributed by atoms with Crippen molar-refractivity contribution in [3.8, 4) is 0 Å². The SMILES string of the molecule is CCC1(C)CCN(C2CCCC(CO)(NC3CC3)C2)CC1. The molecular formula is C18H34N2O. The standard InChI is InChI=1S/C18H34N2O/c1-3-17(2)9-11-20(12-10-17)16-5-4-8-18(13-16,14-21)19-15-6-7-15/h15-16,19,21H,3-14H2,1-2H3. The van der Waals surface area contributed by atoms with Crippen LogP contribution in [0.4, 0.5) is 0 Å². The lowest BCUT2D eigenvalue weighted by molar-refractivity contribution is 0.0244. The molecule has 3 rings (SSSR count). The van der Waals surface area contributed by atoms with E-state index in [1.807, 2.05) is 0 Å². The van der Waals surface area contributed by atoms with E-state index >= 15 is 0 Å². The van der Waals surface area contributed by atoms with Crippen molar-refractivity contribution < 1.29 is 5.11 Å². The van der Waals surface area contributed by atoms with Crippen LogP contribution in [0.25, 0.3) is 0 Å². The quantitative estimate of drug-likeness (QED) is 0.818. The maximum Gasteiger partial charge on any atom is 0.0613 e. The highest BCUT2D eigenvalue weighted by Gasteiger charge is 2.42. The summed E-state index contributed by atoms with van der Waals surface area (Å²) >= 11 is 0. The maximum atomic E-state index is 9.97. The van der Waals surface area contributed by atoms with Crippen LogP contribution >= 0.6 is 0 Å². The largest absolute Gasteiger partial charge is 0.394 e. The topological polar surface area (TPSA) is 35.5 Å². The summed E-state index contributed by atoms with van der Waals surface area (Å²) in [5, 5.41) is 13.8. The summed E-state index contributed by atoms with van der Waals surface area (Å²) < 4.78 is 0. The first-order valence-electron chi connectivity index (χ1n) is 9.21. The molecule has 2 atom stereocenters. The van der Waals surface area contributed by atoms with Crippen LogP contribution in [0.2, 0.25) is 0 Å². The van der Waals surface area contributed by atoms with E-state index in [0.717, 1.165) is 12.8 Å². The lowest BCUT2D eigenvalue weighted by Gasteiger charge is -2.48. The molecule has 0 bridgehead atoms.